The molecule has 0 unspecified atom stereocenters. The molecule has 0 aliphatic carbocycles. The van der Waals surface area contributed by atoms with Gasteiger partial charge in [-0.25, -0.2) is 4.79 Å². The molecule has 0 amide bonds. The molecule has 0 aromatic rings. The Labute approximate surface area is 191 Å². The van der Waals surface area contributed by atoms with Crippen LogP contribution in [0.2, 0.25) is 0 Å². The third-order valence-corrected chi connectivity index (χ3v) is 3.95. The Morgan fingerprint density at radius 3 is 0.763 bits per heavy atom. The molecule has 0 aliphatic rings. The molecular weight excluding hydrogens is 622 g/mol. The van der Waals surface area contributed by atoms with Crippen LogP contribution >= 0.6 is 0 Å². The van der Waals surface area contributed by atoms with Gasteiger partial charge in [0.1, 0.15) is 0 Å². The molecule has 3 nitrogen and oxygen atoms in total. The zero-order chi connectivity index (χ0) is 31.4. The van der Waals surface area contributed by atoms with Crippen LogP contribution in [0.4, 0.5) is 101 Å². The minimum atomic E-state index is -8.04. The Morgan fingerprint density at radius 1 is 0.368 bits per heavy atom. The lowest BCUT2D eigenvalue weighted by Gasteiger charge is -2.37. The first-order chi connectivity index (χ1) is 16.1. The van der Waals surface area contributed by atoms with Gasteiger partial charge in [-0.3, -0.25) is 0 Å². The average Bonchev–Trinajstić information content (AvgIpc) is 2.68. The first-order valence-corrected chi connectivity index (χ1v) is 8.05. The van der Waals surface area contributed by atoms with Crippen molar-refractivity contribution < 1.29 is 111 Å². The van der Waals surface area contributed by atoms with E-state index in [-0.39, 0.29) is 0 Å². The highest BCUT2D eigenvalue weighted by atomic mass is 19.4. The Kier molecular flexibility index (Phi) is 8.87. The van der Waals surface area contributed by atoms with Crippen LogP contribution in [0.1, 0.15) is 0 Å². The molecule has 0 aromatic heterocycles. The largest absolute Gasteiger partial charge is 0.508 e. The Morgan fingerprint density at radius 2 is 0.579 bits per heavy atom. The van der Waals surface area contributed by atoms with Gasteiger partial charge in [0.05, 0.1) is 0 Å². The first kappa shape index (κ1) is 35.7. The Balaban J connectivity index is 5.71. The third kappa shape index (κ3) is 5.41. The van der Waals surface area contributed by atoms with Crippen LogP contribution in [0, 0.1) is 0 Å². The minimum absolute atomic E-state index is 2.66. The number of hydrogen-bond donors (Lipinski definition) is 0. The maximum atomic E-state index is 13.2. The summed E-state index contributed by atoms with van der Waals surface area (Å²) in [4.78, 5) is 10.8. The molecule has 0 bridgehead atoms. The highest BCUT2D eigenvalue weighted by Crippen LogP contribution is 2.58. The molecule has 0 saturated carbocycles. The van der Waals surface area contributed by atoms with Gasteiger partial charge in [0.15, 0.2) is 13.2 Å². The molecular formula is C13H4F22O3. The average molecular weight is 626 g/mol. The quantitative estimate of drug-likeness (QED) is 0.188. The van der Waals surface area contributed by atoms with Gasteiger partial charge in [-0.2, -0.15) is 96.6 Å². The lowest BCUT2D eigenvalue weighted by Crippen LogP contribution is -2.67. The second kappa shape index (κ2) is 9.43. The Hall–Kier alpha value is -2.27. The maximum Gasteiger partial charge on any atom is 0.508 e. The molecule has 0 atom stereocenters. The number of rotatable bonds is 10. The molecule has 0 saturated heterocycles. The van der Waals surface area contributed by atoms with E-state index in [1.165, 1.54) is 0 Å². The maximum absolute atomic E-state index is 13.2. The van der Waals surface area contributed by atoms with Crippen molar-refractivity contribution in [2.45, 2.75) is 59.7 Å². The van der Waals surface area contributed by atoms with E-state index >= 15 is 0 Å². The van der Waals surface area contributed by atoms with Crippen LogP contribution in [-0.2, 0) is 9.47 Å². The summed E-state index contributed by atoms with van der Waals surface area (Å²) in [5.41, 5.74) is 0. The van der Waals surface area contributed by atoms with Crippen molar-refractivity contribution >= 4 is 6.16 Å². The topological polar surface area (TPSA) is 35.5 Å². The first-order valence-electron chi connectivity index (χ1n) is 8.05. The van der Waals surface area contributed by atoms with Gasteiger partial charge in [-0.1, -0.05) is 0 Å². The monoisotopic (exact) mass is 626 g/mol. The molecule has 0 rings (SSSR count). The molecule has 0 fully saturated rings. The van der Waals surface area contributed by atoms with Gasteiger partial charge in [0, 0.05) is 0 Å². The van der Waals surface area contributed by atoms with E-state index in [1.807, 2.05) is 0 Å². The highest BCUT2D eigenvalue weighted by Gasteiger charge is 2.88. The summed E-state index contributed by atoms with van der Waals surface area (Å²) < 4.78 is 284. The van der Waals surface area contributed by atoms with Gasteiger partial charge >= 0.3 is 65.9 Å². The number of alkyl halides is 22. The van der Waals surface area contributed by atoms with Gasteiger partial charge in [-0.15, -0.1) is 0 Å². The lowest BCUT2D eigenvalue weighted by molar-refractivity contribution is -0.424. The fraction of sp³-hybridized carbons (Fsp3) is 0.923. The van der Waals surface area contributed by atoms with Crippen LogP contribution in [0.3, 0.4) is 0 Å². The van der Waals surface area contributed by atoms with E-state index in [9.17, 15) is 101 Å². The summed E-state index contributed by atoms with van der Waals surface area (Å²) in [6.07, 6.45) is -18.7. The number of hydrogen-bond acceptors (Lipinski definition) is 3. The fourth-order valence-corrected chi connectivity index (χ4v) is 1.73. The van der Waals surface area contributed by atoms with E-state index in [2.05, 4.69) is 9.47 Å². The van der Waals surface area contributed by atoms with Gasteiger partial charge in [0.2, 0.25) is 0 Å². The van der Waals surface area contributed by atoms with Crippen molar-refractivity contribution in [3.8, 4) is 0 Å². The molecule has 228 valence electrons. The summed E-state index contributed by atoms with van der Waals surface area (Å²) in [6, 6.07) is 0. The van der Waals surface area contributed by atoms with Gasteiger partial charge < -0.3 is 9.47 Å². The zero-order valence-electron chi connectivity index (χ0n) is 16.5. The lowest BCUT2D eigenvalue weighted by atomic mass is 9.98. The zero-order valence-corrected chi connectivity index (χ0v) is 16.5. The number of carbonyl (C=O) groups excluding carboxylic acids is 1. The highest BCUT2D eigenvalue weighted by molar-refractivity contribution is 5.60. The Bertz CT molecular complexity index is 784. The van der Waals surface area contributed by atoms with Crippen LogP contribution in [-0.4, -0.2) is 79.1 Å². The molecule has 0 N–H and O–H groups in total. The second-order valence-electron chi connectivity index (χ2n) is 6.68. The number of halogens is 22. The summed E-state index contributed by atoms with van der Waals surface area (Å²) in [7, 11) is 0. The summed E-state index contributed by atoms with van der Waals surface area (Å²) >= 11 is 0. The molecule has 0 heterocycles. The summed E-state index contributed by atoms with van der Waals surface area (Å²) in [6.45, 7) is -7.60. The fourth-order valence-electron chi connectivity index (χ4n) is 1.73. The molecule has 38 heavy (non-hydrogen) atoms. The van der Waals surface area contributed by atoms with Crippen LogP contribution in [0.25, 0.3) is 0 Å². The van der Waals surface area contributed by atoms with Crippen LogP contribution in [0.15, 0.2) is 0 Å². The smallest absolute Gasteiger partial charge is 0.428 e. The van der Waals surface area contributed by atoms with Crippen molar-refractivity contribution in [3.63, 3.8) is 0 Å². The summed E-state index contributed by atoms with van der Waals surface area (Å²) in [5, 5.41) is 0. The van der Waals surface area contributed by atoms with Crippen molar-refractivity contribution in [2.24, 2.45) is 0 Å². The standard InChI is InChI=1S/C13H4F22O3/c14-4(15,6(18,19)8(22,23)10(26,27)12(30,31)32)1-37-3(36)38-2-5(16,17)7(20,21)9(24,25)11(28,29)13(33,34)35/h1-2H2. The minimum Gasteiger partial charge on any atom is -0.428 e. The SMILES string of the molecule is O=C(OCC(F)(F)C(F)(F)C(F)(F)C(F)(F)C(F)(F)F)OCC(F)(F)C(F)(F)C(F)(F)C(F)(F)C(F)(F)F. The van der Waals surface area contributed by atoms with E-state index in [1.54, 1.807) is 0 Å². The van der Waals surface area contributed by atoms with E-state index in [0.29, 0.717) is 0 Å². The molecule has 0 aromatic carbocycles. The van der Waals surface area contributed by atoms with Gasteiger partial charge in [-0.05, 0) is 0 Å². The predicted molar refractivity (Wildman–Crippen MR) is 69.0 cm³/mol. The predicted octanol–water partition coefficient (Wildman–Crippen LogP) is 7.35. The van der Waals surface area contributed by atoms with E-state index in [0.717, 1.165) is 0 Å². The number of ether oxygens (including phenoxy) is 2. The van der Waals surface area contributed by atoms with E-state index < -0.39 is 79.1 Å². The summed E-state index contributed by atoms with van der Waals surface area (Å²) in [5.74, 6) is -61.5. The van der Waals surface area contributed by atoms with Crippen molar-refractivity contribution in [3.05, 3.63) is 0 Å². The molecule has 25 heteroatoms. The number of carbonyl (C=O) groups is 1. The normalized spacial score (nSPS) is 15.9. The van der Waals surface area contributed by atoms with Crippen LogP contribution in [0.5, 0.6) is 0 Å². The van der Waals surface area contributed by atoms with Gasteiger partial charge in [0.25, 0.3) is 0 Å². The third-order valence-electron chi connectivity index (χ3n) is 3.95. The van der Waals surface area contributed by atoms with Crippen molar-refractivity contribution in [1.29, 1.82) is 0 Å². The van der Waals surface area contributed by atoms with Crippen molar-refractivity contribution in [2.75, 3.05) is 13.2 Å². The van der Waals surface area contributed by atoms with Crippen molar-refractivity contribution in [1.82, 2.24) is 0 Å². The van der Waals surface area contributed by atoms with Crippen LogP contribution < -0.4 is 0 Å². The molecule has 0 radical (unpaired) electrons. The molecule has 0 spiro atoms. The van der Waals surface area contributed by atoms with E-state index in [4.69, 9.17) is 0 Å². The molecule has 0 aliphatic heterocycles. The second-order valence-corrected chi connectivity index (χ2v) is 6.68.